The van der Waals surface area contributed by atoms with Crippen LogP contribution in [0.2, 0.25) is 5.02 Å². The molecule has 1 amide bonds. The maximum atomic E-state index is 12.5. The molecule has 1 atom stereocenters. The van der Waals surface area contributed by atoms with Gasteiger partial charge in [0.2, 0.25) is 5.91 Å². The second-order valence-electron chi connectivity index (χ2n) is 6.79. The lowest BCUT2D eigenvalue weighted by Gasteiger charge is -2.18. The van der Waals surface area contributed by atoms with Crippen LogP contribution in [0, 0.1) is 6.92 Å². The summed E-state index contributed by atoms with van der Waals surface area (Å²) in [4.78, 5) is 12.5. The van der Waals surface area contributed by atoms with Crippen molar-refractivity contribution in [2.45, 2.75) is 19.1 Å². The summed E-state index contributed by atoms with van der Waals surface area (Å²) in [6.45, 7) is 4.44. The van der Waals surface area contributed by atoms with Crippen molar-refractivity contribution >= 4 is 35.1 Å². The van der Waals surface area contributed by atoms with Crippen LogP contribution in [-0.4, -0.2) is 35.2 Å². The Morgan fingerprint density at radius 1 is 1.27 bits per heavy atom. The number of hydrogen-bond donors (Lipinski definition) is 1. The first-order valence-electron chi connectivity index (χ1n) is 9.60. The zero-order valence-electron chi connectivity index (χ0n) is 16.9. The number of carbonyl (C=O) groups is 1. The number of carbonyl (C=O) groups excluding carboxylic acids is 1. The minimum atomic E-state index is -0.0974. The van der Waals surface area contributed by atoms with Gasteiger partial charge in [-0.1, -0.05) is 29.8 Å². The fourth-order valence-electron chi connectivity index (χ4n) is 3.57. The lowest BCUT2D eigenvalue weighted by Crippen LogP contribution is -2.16. The summed E-state index contributed by atoms with van der Waals surface area (Å²) in [7, 11) is 1.62. The van der Waals surface area contributed by atoms with Crippen molar-refractivity contribution in [3.8, 4) is 17.2 Å². The molecule has 4 rings (SSSR count). The summed E-state index contributed by atoms with van der Waals surface area (Å²) in [6, 6.07) is 13.3. The number of nitrogens with one attached hydrogen (secondary N) is 1. The SMILES string of the molecule is CCOc1ccc([C@@H]2SCC(=O)Nc3c2c(C)nn3-c2ccccc2Cl)cc1OC. The van der Waals surface area contributed by atoms with E-state index in [1.807, 2.05) is 56.3 Å². The van der Waals surface area contributed by atoms with Gasteiger partial charge in [-0.3, -0.25) is 4.79 Å². The number of thioether (sulfide) groups is 1. The molecule has 0 spiro atoms. The number of hydrogen-bond acceptors (Lipinski definition) is 5. The van der Waals surface area contributed by atoms with Gasteiger partial charge in [-0.25, -0.2) is 4.68 Å². The molecule has 0 saturated carbocycles. The van der Waals surface area contributed by atoms with Crippen molar-refractivity contribution in [3.05, 3.63) is 64.3 Å². The average Bonchev–Trinajstić information content (AvgIpc) is 2.94. The fourth-order valence-corrected chi connectivity index (χ4v) is 4.96. The predicted molar refractivity (Wildman–Crippen MR) is 120 cm³/mol. The van der Waals surface area contributed by atoms with E-state index in [9.17, 15) is 4.79 Å². The molecular formula is C22H22ClN3O3S. The van der Waals surface area contributed by atoms with Gasteiger partial charge < -0.3 is 14.8 Å². The lowest BCUT2D eigenvalue weighted by molar-refractivity contribution is -0.113. The molecule has 0 bridgehead atoms. The van der Waals surface area contributed by atoms with Crippen molar-refractivity contribution < 1.29 is 14.3 Å². The molecule has 0 fully saturated rings. The van der Waals surface area contributed by atoms with E-state index in [-0.39, 0.29) is 11.2 Å². The molecular weight excluding hydrogens is 422 g/mol. The number of rotatable bonds is 5. The van der Waals surface area contributed by atoms with E-state index in [1.54, 1.807) is 23.6 Å². The molecule has 0 saturated heterocycles. The molecule has 0 radical (unpaired) electrons. The second kappa shape index (κ2) is 8.62. The summed E-state index contributed by atoms with van der Waals surface area (Å²) in [5, 5.41) is 8.20. The third kappa shape index (κ3) is 3.75. The molecule has 0 aliphatic carbocycles. The van der Waals surface area contributed by atoms with Crippen LogP contribution in [0.25, 0.3) is 5.69 Å². The zero-order valence-corrected chi connectivity index (χ0v) is 18.5. The first-order valence-corrected chi connectivity index (χ1v) is 11.0. The van der Waals surface area contributed by atoms with Crippen LogP contribution in [0.1, 0.15) is 29.0 Å². The number of aryl methyl sites for hydroxylation is 1. The van der Waals surface area contributed by atoms with Gasteiger partial charge in [-0.05, 0) is 43.7 Å². The average molecular weight is 444 g/mol. The molecule has 6 nitrogen and oxygen atoms in total. The van der Waals surface area contributed by atoms with Crippen LogP contribution in [0.4, 0.5) is 5.82 Å². The van der Waals surface area contributed by atoms with Crippen LogP contribution in [0.5, 0.6) is 11.5 Å². The van der Waals surface area contributed by atoms with E-state index in [2.05, 4.69) is 5.32 Å². The van der Waals surface area contributed by atoms with E-state index < -0.39 is 0 Å². The van der Waals surface area contributed by atoms with Crippen molar-refractivity contribution in [2.24, 2.45) is 0 Å². The first kappa shape index (κ1) is 20.6. The summed E-state index contributed by atoms with van der Waals surface area (Å²) < 4.78 is 12.9. The molecule has 1 aromatic heterocycles. The smallest absolute Gasteiger partial charge is 0.235 e. The van der Waals surface area contributed by atoms with E-state index in [0.717, 1.165) is 22.5 Å². The number of benzene rings is 2. The van der Waals surface area contributed by atoms with Crippen molar-refractivity contribution in [1.29, 1.82) is 0 Å². The maximum Gasteiger partial charge on any atom is 0.235 e. The van der Waals surface area contributed by atoms with Gasteiger partial charge in [0, 0.05) is 5.56 Å². The number of amides is 1. The molecule has 1 aliphatic rings. The lowest BCUT2D eigenvalue weighted by atomic mass is 10.0. The Labute approximate surface area is 184 Å². The predicted octanol–water partition coefficient (Wildman–Crippen LogP) is 5.02. The Balaban J connectivity index is 1.86. The Morgan fingerprint density at radius 3 is 2.80 bits per heavy atom. The molecule has 8 heteroatoms. The van der Waals surface area contributed by atoms with Crippen LogP contribution >= 0.6 is 23.4 Å². The molecule has 2 heterocycles. The number of ether oxygens (including phenoxy) is 2. The summed E-state index contributed by atoms with van der Waals surface area (Å²) in [6.07, 6.45) is 0. The molecule has 3 aromatic rings. The highest BCUT2D eigenvalue weighted by Crippen LogP contribution is 2.46. The number of fused-ring (bicyclic) bond motifs is 1. The highest BCUT2D eigenvalue weighted by Gasteiger charge is 2.31. The molecule has 1 aliphatic heterocycles. The normalized spacial score (nSPS) is 15.9. The quantitative estimate of drug-likeness (QED) is 0.600. The molecule has 156 valence electrons. The minimum Gasteiger partial charge on any atom is -0.493 e. The van der Waals surface area contributed by atoms with E-state index in [0.29, 0.717) is 34.7 Å². The summed E-state index contributed by atoms with van der Waals surface area (Å²) >= 11 is 7.98. The van der Waals surface area contributed by atoms with E-state index in [1.165, 1.54) is 0 Å². The number of nitrogens with zero attached hydrogens (tertiary/aromatic N) is 2. The first-order chi connectivity index (χ1) is 14.5. The van der Waals surface area contributed by atoms with Gasteiger partial charge in [0.05, 0.1) is 41.1 Å². The van der Waals surface area contributed by atoms with Gasteiger partial charge in [0.25, 0.3) is 0 Å². The van der Waals surface area contributed by atoms with Gasteiger partial charge >= 0.3 is 0 Å². The topological polar surface area (TPSA) is 65.4 Å². The molecule has 30 heavy (non-hydrogen) atoms. The van der Waals surface area contributed by atoms with E-state index >= 15 is 0 Å². The van der Waals surface area contributed by atoms with Gasteiger partial charge in [-0.2, -0.15) is 5.10 Å². The largest absolute Gasteiger partial charge is 0.493 e. The third-order valence-corrected chi connectivity index (χ3v) is 6.47. The van der Waals surface area contributed by atoms with Gasteiger partial charge in [-0.15, -0.1) is 11.8 Å². The maximum absolute atomic E-state index is 12.5. The summed E-state index contributed by atoms with van der Waals surface area (Å²) in [5.74, 6) is 2.26. The Hall–Kier alpha value is -2.64. The van der Waals surface area contributed by atoms with Crippen molar-refractivity contribution in [1.82, 2.24) is 9.78 Å². The number of methoxy groups -OCH3 is 1. The standard InChI is InChI=1S/C22H22ClN3O3S/c1-4-29-17-10-9-14(11-18(17)28-3)21-20-13(2)25-26(16-8-6-5-7-15(16)23)22(20)24-19(27)12-30-21/h5-11,21H,4,12H2,1-3H3,(H,24,27)/t21-/m0/s1. The van der Waals surface area contributed by atoms with Crippen molar-refractivity contribution in [2.75, 3.05) is 24.8 Å². The number of aromatic nitrogens is 2. The van der Waals surface area contributed by atoms with Crippen LogP contribution in [0.15, 0.2) is 42.5 Å². The number of halogens is 1. The monoisotopic (exact) mass is 443 g/mol. The number of para-hydroxylation sites is 1. The van der Waals surface area contributed by atoms with Crippen LogP contribution < -0.4 is 14.8 Å². The van der Waals surface area contributed by atoms with Crippen LogP contribution in [0.3, 0.4) is 0 Å². The molecule has 2 aromatic carbocycles. The van der Waals surface area contributed by atoms with E-state index in [4.69, 9.17) is 26.2 Å². The zero-order chi connectivity index (χ0) is 21.3. The highest BCUT2D eigenvalue weighted by molar-refractivity contribution is 8.00. The Morgan fingerprint density at radius 2 is 2.07 bits per heavy atom. The molecule has 1 N–H and O–H groups in total. The fraction of sp³-hybridized carbons (Fsp3) is 0.273. The summed E-state index contributed by atoms with van der Waals surface area (Å²) in [5.41, 5.74) is 3.52. The number of anilines is 1. The second-order valence-corrected chi connectivity index (χ2v) is 8.29. The molecule has 0 unspecified atom stereocenters. The van der Waals surface area contributed by atoms with Crippen molar-refractivity contribution in [3.63, 3.8) is 0 Å². The minimum absolute atomic E-state index is 0.0742. The van der Waals surface area contributed by atoms with Gasteiger partial charge in [0.15, 0.2) is 11.5 Å². The Kier molecular flexibility index (Phi) is 5.92. The highest BCUT2D eigenvalue weighted by atomic mass is 35.5. The Bertz CT molecular complexity index is 1100. The third-order valence-electron chi connectivity index (χ3n) is 4.88. The van der Waals surface area contributed by atoms with Crippen LogP contribution in [-0.2, 0) is 4.79 Å². The van der Waals surface area contributed by atoms with Gasteiger partial charge in [0.1, 0.15) is 5.82 Å².